The van der Waals surface area contributed by atoms with Gasteiger partial charge < -0.3 is 69.6 Å². The summed E-state index contributed by atoms with van der Waals surface area (Å²) >= 11 is 0. The van der Waals surface area contributed by atoms with E-state index in [1.807, 2.05) is 0 Å². The average molecular weight is 787 g/mol. The van der Waals surface area contributed by atoms with Crippen LogP contribution in [0.4, 0.5) is 0 Å². The van der Waals surface area contributed by atoms with E-state index in [1.54, 1.807) is 13.8 Å². The maximum Gasteiger partial charge on any atom is 0.187 e. The van der Waals surface area contributed by atoms with E-state index in [0.29, 0.717) is 25.7 Å². The van der Waals surface area contributed by atoms with Crippen LogP contribution in [0.25, 0.3) is 0 Å². The van der Waals surface area contributed by atoms with Gasteiger partial charge in [0, 0.05) is 0 Å². The van der Waals surface area contributed by atoms with E-state index in [-0.39, 0.29) is 41.8 Å². The van der Waals surface area contributed by atoms with E-state index < -0.39 is 108 Å². The highest BCUT2D eigenvalue weighted by Crippen LogP contribution is 2.76. The zero-order valence-corrected chi connectivity index (χ0v) is 34.0. The van der Waals surface area contributed by atoms with Crippen LogP contribution < -0.4 is 0 Å². The molecule has 0 amide bonds. The van der Waals surface area contributed by atoms with E-state index in [2.05, 4.69) is 41.5 Å². The Morgan fingerprint density at radius 2 is 1.44 bits per heavy atom. The topological polar surface area (TPSA) is 228 Å². The molecule has 0 aromatic carbocycles. The van der Waals surface area contributed by atoms with Gasteiger partial charge in [-0.3, -0.25) is 0 Å². The summed E-state index contributed by atoms with van der Waals surface area (Å²) in [6, 6.07) is 0. The number of hydrogen-bond acceptors (Lipinski definition) is 14. The number of hydrogen-bond donors (Lipinski definition) is 9. The molecule has 318 valence electrons. The maximum atomic E-state index is 12.4. The normalized spacial score (nSPS) is 56.8. The van der Waals surface area contributed by atoms with Crippen LogP contribution in [-0.4, -0.2) is 150 Å². The number of aliphatic hydroxyl groups is 9. The summed E-state index contributed by atoms with van der Waals surface area (Å²) in [5.41, 5.74) is -3.33. The van der Waals surface area contributed by atoms with Crippen LogP contribution in [-0.2, 0) is 23.7 Å². The third kappa shape index (κ3) is 6.50. The van der Waals surface area contributed by atoms with E-state index in [9.17, 15) is 46.0 Å². The molecule has 3 aliphatic heterocycles. The van der Waals surface area contributed by atoms with Crippen LogP contribution in [0.15, 0.2) is 0 Å². The Balaban J connectivity index is 1.25. The van der Waals surface area contributed by atoms with Gasteiger partial charge >= 0.3 is 0 Å². The van der Waals surface area contributed by atoms with Crippen LogP contribution in [0.2, 0.25) is 0 Å². The van der Waals surface area contributed by atoms with Gasteiger partial charge in [-0.05, 0) is 117 Å². The molecule has 0 spiro atoms. The molecule has 0 aromatic rings. The molecule has 3 saturated heterocycles. The van der Waals surface area contributed by atoms with Gasteiger partial charge in [-0.2, -0.15) is 0 Å². The average Bonchev–Trinajstić information content (AvgIpc) is 3.70. The van der Waals surface area contributed by atoms with Crippen molar-refractivity contribution in [3.05, 3.63) is 0 Å². The number of aliphatic hydroxyl groups excluding tert-OH is 8. The van der Waals surface area contributed by atoms with Crippen molar-refractivity contribution in [3.63, 3.8) is 0 Å². The zero-order chi connectivity index (χ0) is 40.4. The fourth-order valence-corrected chi connectivity index (χ4v) is 13.9. The van der Waals surface area contributed by atoms with Crippen molar-refractivity contribution in [1.82, 2.24) is 0 Å². The fourth-order valence-electron chi connectivity index (χ4n) is 13.9. The lowest BCUT2D eigenvalue weighted by atomic mass is 9.34. The Morgan fingerprint density at radius 1 is 0.745 bits per heavy atom. The quantitative estimate of drug-likeness (QED) is 0.164. The molecule has 3 heterocycles. The standard InChI is InChI=1S/C41H70O14/c1-36(2)25(45)10-12-38(5)24-15-20(43)27-19(41(8)14-11-26(55-41)37(3,4)50)9-13-39(27,6)40(24,7)16-22(33(36)38)52-35-32(30(48)29(47)23(17-42)53-35)54-34-31(49)28(46)21(44)18-51-34/h19-35,42-50H,9-18H2,1-8H3/t19-,20+,21+,22-,23+,24+,25-,26+,27-,28-,29+,30-,31+,32+,33-,34-,35+,38+,39+,40+,41-/m0/s1. The molecule has 55 heavy (non-hydrogen) atoms. The Labute approximate surface area is 325 Å². The first-order valence-corrected chi connectivity index (χ1v) is 20.8. The first kappa shape index (κ1) is 42.6. The first-order valence-electron chi connectivity index (χ1n) is 20.8. The molecule has 7 aliphatic rings. The van der Waals surface area contributed by atoms with Crippen molar-refractivity contribution in [2.45, 2.75) is 198 Å². The SMILES string of the molecule is CC(C)(O)[C@H]1CC[C@@](C)([C@H]2CC[C@]3(C)[C@@H]2[C@H](O)C[C@@H]2[C@@]4(C)CC[C@H](O)C(C)(C)[C@@H]4[C@@H](O[C@@H]4O[C@H](CO)[C@@H](O)[C@H](O)[C@H]4O[C@@H]4OC[C@@H](O)[C@H](O)[C@H]4O)C[C@]23C)O1. The molecule has 0 bridgehead atoms. The molecule has 7 fully saturated rings. The number of ether oxygens (including phenoxy) is 5. The minimum absolute atomic E-state index is 0.0590. The van der Waals surface area contributed by atoms with Gasteiger partial charge in [0.1, 0.15) is 42.7 Å². The largest absolute Gasteiger partial charge is 0.394 e. The number of fused-ring (bicyclic) bond motifs is 5. The van der Waals surface area contributed by atoms with Gasteiger partial charge in [-0.15, -0.1) is 0 Å². The van der Waals surface area contributed by atoms with Gasteiger partial charge in [0.05, 0.1) is 48.8 Å². The second-order valence-corrected chi connectivity index (χ2v) is 20.8. The molecule has 21 atom stereocenters. The third-order valence-electron chi connectivity index (χ3n) is 17.0. The molecule has 0 radical (unpaired) electrons. The maximum absolute atomic E-state index is 12.4. The van der Waals surface area contributed by atoms with Gasteiger partial charge in [0.2, 0.25) is 0 Å². The van der Waals surface area contributed by atoms with Crippen molar-refractivity contribution >= 4 is 0 Å². The van der Waals surface area contributed by atoms with E-state index in [1.165, 1.54) is 0 Å². The van der Waals surface area contributed by atoms with Crippen molar-refractivity contribution in [2.75, 3.05) is 13.2 Å². The zero-order valence-electron chi connectivity index (χ0n) is 34.0. The van der Waals surface area contributed by atoms with Gasteiger partial charge in [0.15, 0.2) is 12.6 Å². The minimum atomic E-state index is -1.68. The second-order valence-electron chi connectivity index (χ2n) is 20.8. The van der Waals surface area contributed by atoms with Gasteiger partial charge in [-0.25, -0.2) is 0 Å². The van der Waals surface area contributed by atoms with Crippen molar-refractivity contribution in [3.8, 4) is 0 Å². The summed E-state index contributed by atoms with van der Waals surface area (Å²) in [6.07, 6.45) is -9.89. The van der Waals surface area contributed by atoms with Crippen molar-refractivity contribution < 1.29 is 69.6 Å². The Kier molecular flexibility index (Phi) is 11.1. The third-order valence-corrected chi connectivity index (χ3v) is 17.0. The van der Waals surface area contributed by atoms with E-state index >= 15 is 0 Å². The van der Waals surface area contributed by atoms with Crippen LogP contribution in [0.3, 0.4) is 0 Å². The molecular weight excluding hydrogens is 716 g/mol. The predicted octanol–water partition coefficient (Wildman–Crippen LogP) is 0.970. The minimum Gasteiger partial charge on any atom is -0.394 e. The first-order chi connectivity index (χ1) is 25.4. The Bertz CT molecular complexity index is 1390. The molecule has 4 aliphatic carbocycles. The molecule has 9 N–H and O–H groups in total. The van der Waals surface area contributed by atoms with Crippen LogP contribution in [0.5, 0.6) is 0 Å². The van der Waals surface area contributed by atoms with Crippen molar-refractivity contribution in [2.24, 2.45) is 45.3 Å². The predicted molar refractivity (Wildman–Crippen MR) is 196 cm³/mol. The summed E-state index contributed by atoms with van der Waals surface area (Å²) in [6.45, 7) is 15.8. The highest BCUT2D eigenvalue weighted by molar-refractivity contribution is 5.22. The van der Waals surface area contributed by atoms with E-state index in [4.69, 9.17) is 23.7 Å². The lowest BCUT2D eigenvalue weighted by Gasteiger charge is -2.72. The Morgan fingerprint density at radius 3 is 2.07 bits per heavy atom. The van der Waals surface area contributed by atoms with E-state index in [0.717, 1.165) is 25.7 Å². The van der Waals surface area contributed by atoms with Crippen molar-refractivity contribution in [1.29, 1.82) is 0 Å². The molecular formula is C41H70O14. The summed E-state index contributed by atoms with van der Waals surface area (Å²) in [4.78, 5) is 0. The van der Waals surface area contributed by atoms with Crippen LogP contribution >= 0.6 is 0 Å². The van der Waals surface area contributed by atoms with Gasteiger partial charge in [-0.1, -0.05) is 34.6 Å². The number of rotatable bonds is 7. The highest BCUT2D eigenvalue weighted by atomic mass is 16.8. The van der Waals surface area contributed by atoms with Crippen LogP contribution in [0, 0.1) is 45.3 Å². The summed E-state index contributed by atoms with van der Waals surface area (Å²) in [5.74, 6) is -0.233. The molecule has 4 saturated carbocycles. The summed E-state index contributed by atoms with van der Waals surface area (Å²) < 4.78 is 31.6. The molecule has 0 aromatic heterocycles. The highest BCUT2D eigenvalue weighted by Gasteiger charge is 2.74. The van der Waals surface area contributed by atoms with Gasteiger partial charge in [0.25, 0.3) is 0 Å². The smallest absolute Gasteiger partial charge is 0.187 e. The molecule has 14 nitrogen and oxygen atoms in total. The second kappa shape index (κ2) is 14.3. The lowest BCUT2D eigenvalue weighted by molar-refractivity contribution is -0.377. The Hall–Kier alpha value is -0.560. The monoisotopic (exact) mass is 786 g/mol. The summed E-state index contributed by atoms with van der Waals surface area (Å²) in [7, 11) is 0. The molecule has 7 rings (SSSR count). The fraction of sp³-hybridized carbons (Fsp3) is 1.00. The van der Waals surface area contributed by atoms with Crippen LogP contribution in [0.1, 0.15) is 107 Å². The lowest BCUT2D eigenvalue weighted by Crippen LogP contribution is -2.71. The summed E-state index contributed by atoms with van der Waals surface area (Å²) in [5, 5.41) is 98.7. The molecule has 0 unspecified atom stereocenters. The molecule has 14 heteroatoms.